The average Bonchev–Trinajstić information content (AvgIpc) is 2.89. The quantitative estimate of drug-likeness (QED) is 0.764. The van der Waals surface area contributed by atoms with Gasteiger partial charge in [0.05, 0.1) is 23.8 Å². The van der Waals surface area contributed by atoms with Gasteiger partial charge in [0.2, 0.25) is 0 Å². The van der Waals surface area contributed by atoms with Crippen LogP contribution in [0.4, 0.5) is 0 Å². The van der Waals surface area contributed by atoms with Crippen molar-refractivity contribution in [2.24, 2.45) is 7.05 Å². The number of fused-ring (bicyclic) bond motifs is 3. The molecule has 0 aliphatic rings. The number of benzene rings is 1. The number of aliphatic hydroxyl groups excluding tert-OH is 1. The molecule has 0 fully saturated rings. The van der Waals surface area contributed by atoms with Crippen LogP contribution < -0.4 is 10.4 Å². The topological polar surface area (TPSA) is 68.8 Å². The molecule has 0 atom stereocenters. The zero-order chi connectivity index (χ0) is 14.3. The summed E-state index contributed by atoms with van der Waals surface area (Å²) in [6.45, 7) is 0.00541. The molecule has 0 aliphatic carbocycles. The van der Waals surface area contributed by atoms with E-state index in [0.717, 1.165) is 22.2 Å². The molecule has 2 aromatic heterocycles. The van der Waals surface area contributed by atoms with Crippen molar-refractivity contribution in [2.45, 2.75) is 6.42 Å². The Kier molecular flexibility index (Phi) is 2.94. The van der Waals surface area contributed by atoms with Gasteiger partial charge in [0, 0.05) is 25.5 Å². The highest BCUT2D eigenvalue weighted by Gasteiger charge is 2.12. The van der Waals surface area contributed by atoms with E-state index in [1.807, 2.05) is 24.3 Å². The Morgan fingerprint density at radius 3 is 2.80 bits per heavy atom. The van der Waals surface area contributed by atoms with E-state index >= 15 is 0 Å². The molecule has 0 radical (unpaired) electrons. The summed E-state index contributed by atoms with van der Waals surface area (Å²) in [5.74, 6) is 0.725. The third kappa shape index (κ3) is 1.77. The Hall–Kier alpha value is -2.34. The van der Waals surface area contributed by atoms with Gasteiger partial charge in [-0.25, -0.2) is 4.79 Å². The molecule has 2 heterocycles. The molecule has 1 N–H and O–H groups in total. The van der Waals surface area contributed by atoms with Crippen LogP contribution in [0, 0.1) is 0 Å². The van der Waals surface area contributed by atoms with Crippen LogP contribution in [0.3, 0.4) is 0 Å². The second kappa shape index (κ2) is 4.64. The van der Waals surface area contributed by atoms with Crippen LogP contribution in [0.2, 0.25) is 0 Å². The van der Waals surface area contributed by atoms with Crippen molar-refractivity contribution in [2.75, 3.05) is 13.7 Å². The van der Waals surface area contributed by atoms with Gasteiger partial charge in [-0.05, 0) is 24.3 Å². The van der Waals surface area contributed by atoms with Gasteiger partial charge in [0.1, 0.15) is 5.75 Å². The molecule has 1 aromatic carbocycles. The lowest BCUT2D eigenvalue weighted by Crippen LogP contribution is -2.25. The lowest BCUT2D eigenvalue weighted by Gasteiger charge is -2.08. The molecular formula is C14H15N3O3. The second-order valence-electron chi connectivity index (χ2n) is 4.63. The molecule has 0 spiro atoms. The van der Waals surface area contributed by atoms with Gasteiger partial charge in [-0.15, -0.1) is 0 Å². The van der Waals surface area contributed by atoms with E-state index < -0.39 is 0 Å². The molecule has 0 amide bonds. The van der Waals surface area contributed by atoms with Crippen molar-refractivity contribution in [1.29, 1.82) is 0 Å². The maximum atomic E-state index is 12.3. The Balaban J connectivity index is 2.45. The largest absolute Gasteiger partial charge is 0.497 e. The SMILES string of the molecule is COc1ccc2c(c1)c1cc(CCO)nn1c(=O)n2C. The second-order valence-corrected chi connectivity index (χ2v) is 4.63. The first-order chi connectivity index (χ1) is 9.65. The lowest BCUT2D eigenvalue weighted by atomic mass is 10.2. The molecule has 104 valence electrons. The van der Waals surface area contributed by atoms with E-state index in [1.165, 1.54) is 4.52 Å². The summed E-state index contributed by atoms with van der Waals surface area (Å²) in [5.41, 5.74) is 2.03. The number of methoxy groups -OCH3 is 1. The van der Waals surface area contributed by atoms with Crippen LogP contribution in [0.15, 0.2) is 29.1 Å². The summed E-state index contributed by atoms with van der Waals surface area (Å²) >= 11 is 0. The van der Waals surface area contributed by atoms with E-state index in [2.05, 4.69) is 5.10 Å². The first-order valence-electron chi connectivity index (χ1n) is 6.32. The van der Waals surface area contributed by atoms with Gasteiger partial charge >= 0.3 is 5.69 Å². The predicted octanol–water partition coefficient (Wildman–Crippen LogP) is 0.730. The van der Waals surface area contributed by atoms with E-state index in [9.17, 15) is 4.79 Å². The monoisotopic (exact) mass is 273 g/mol. The van der Waals surface area contributed by atoms with E-state index in [1.54, 1.807) is 18.7 Å². The third-order valence-corrected chi connectivity index (χ3v) is 3.44. The molecule has 0 saturated carbocycles. The molecular weight excluding hydrogens is 258 g/mol. The number of aryl methyl sites for hydroxylation is 1. The maximum Gasteiger partial charge on any atom is 0.349 e. The van der Waals surface area contributed by atoms with Gasteiger partial charge < -0.3 is 9.84 Å². The van der Waals surface area contributed by atoms with Crippen molar-refractivity contribution in [3.8, 4) is 5.75 Å². The smallest absolute Gasteiger partial charge is 0.349 e. The molecule has 0 unspecified atom stereocenters. The highest BCUT2D eigenvalue weighted by Crippen LogP contribution is 2.23. The highest BCUT2D eigenvalue weighted by atomic mass is 16.5. The fourth-order valence-electron chi connectivity index (χ4n) is 2.39. The summed E-state index contributed by atoms with van der Waals surface area (Å²) in [4.78, 5) is 12.3. The Bertz CT molecular complexity index is 848. The van der Waals surface area contributed by atoms with Gasteiger partial charge in [-0.3, -0.25) is 4.57 Å². The minimum atomic E-state index is -0.207. The molecule has 3 aromatic rings. The lowest BCUT2D eigenvalue weighted by molar-refractivity contribution is 0.298. The van der Waals surface area contributed by atoms with Gasteiger partial charge in [-0.2, -0.15) is 9.61 Å². The molecule has 20 heavy (non-hydrogen) atoms. The maximum absolute atomic E-state index is 12.3. The standard InChI is InChI=1S/C14H15N3O3/c1-16-12-4-3-10(20-2)8-11(12)13-7-9(5-6-18)15-17(13)14(16)19/h3-4,7-8,18H,5-6H2,1-2H3. The molecule has 0 bridgehead atoms. The number of ether oxygens (including phenoxy) is 1. The van der Waals surface area contributed by atoms with Crippen LogP contribution in [0.1, 0.15) is 5.69 Å². The van der Waals surface area contributed by atoms with Gasteiger partial charge in [0.25, 0.3) is 0 Å². The Labute approximate surface area is 114 Å². The van der Waals surface area contributed by atoms with Crippen molar-refractivity contribution < 1.29 is 9.84 Å². The Morgan fingerprint density at radius 2 is 2.10 bits per heavy atom. The van der Waals surface area contributed by atoms with Crippen molar-refractivity contribution in [3.63, 3.8) is 0 Å². The van der Waals surface area contributed by atoms with Gasteiger partial charge in [0.15, 0.2) is 0 Å². The number of nitrogens with zero attached hydrogens (tertiary/aromatic N) is 3. The highest BCUT2D eigenvalue weighted by molar-refractivity contribution is 5.94. The molecule has 6 heteroatoms. The van der Waals surface area contributed by atoms with Crippen LogP contribution in [-0.4, -0.2) is 33.0 Å². The summed E-state index contributed by atoms with van der Waals surface area (Å²) in [5, 5.41) is 14.2. The first-order valence-corrected chi connectivity index (χ1v) is 6.32. The van der Waals surface area contributed by atoms with Gasteiger partial charge in [-0.1, -0.05) is 0 Å². The minimum Gasteiger partial charge on any atom is -0.497 e. The average molecular weight is 273 g/mol. The molecule has 6 nitrogen and oxygen atoms in total. The number of aliphatic hydroxyl groups is 1. The summed E-state index contributed by atoms with van der Waals surface area (Å²) < 4.78 is 8.16. The minimum absolute atomic E-state index is 0.00541. The zero-order valence-corrected chi connectivity index (χ0v) is 11.3. The molecule has 0 saturated heterocycles. The van der Waals surface area contributed by atoms with Crippen LogP contribution >= 0.6 is 0 Å². The zero-order valence-electron chi connectivity index (χ0n) is 11.3. The first kappa shape index (κ1) is 12.7. The van der Waals surface area contributed by atoms with E-state index in [4.69, 9.17) is 9.84 Å². The van der Waals surface area contributed by atoms with Crippen LogP contribution in [-0.2, 0) is 13.5 Å². The number of rotatable bonds is 3. The van der Waals surface area contributed by atoms with Crippen molar-refractivity contribution in [1.82, 2.24) is 14.2 Å². The summed E-state index contributed by atoms with van der Waals surface area (Å²) in [6, 6.07) is 7.39. The summed E-state index contributed by atoms with van der Waals surface area (Å²) in [7, 11) is 3.32. The van der Waals surface area contributed by atoms with Crippen molar-refractivity contribution in [3.05, 3.63) is 40.4 Å². The predicted molar refractivity (Wildman–Crippen MR) is 75.3 cm³/mol. The van der Waals surface area contributed by atoms with Crippen LogP contribution in [0.5, 0.6) is 5.75 Å². The van der Waals surface area contributed by atoms with E-state index in [-0.39, 0.29) is 12.3 Å². The fraction of sp³-hybridized carbons (Fsp3) is 0.286. The number of hydrogen-bond donors (Lipinski definition) is 1. The summed E-state index contributed by atoms with van der Waals surface area (Å²) in [6.07, 6.45) is 0.427. The van der Waals surface area contributed by atoms with Crippen molar-refractivity contribution >= 4 is 16.4 Å². The molecule has 0 aliphatic heterocycles. The molecule has 3 rings (SSSR count). The number of aromatic nitrogens is 3. The van der Waals surface area contributed by atoms with Crippen LogP contribution in [0.25, 0.3) is 16.4 Å². The van der Waals surface area contributed by atoms with E-state index in [0.29, 0.717) is 12.1 Å². The third-order valence-electron chi connectivity index (χ3n) is 3.44. The number of hydrogen-bond acceptors (Lipinski definition) is 4. The Morgan fingerprint density at radius 1 is 1.30 bits per heavy atom. The fourth-order valence-corrected chi connectivity index (χ4v) is 2.39. The normalized spacial score (nSPS) is 11.3.